The SMILES string of the molecule is CCO/N=C(\C)c1ccc2c(c1)N(C)C(=O)CO2. The Morgan fingerprint density at radius 2 is 2.33 bits per heavy atom. The van der Waals surface area contributed by atoms with E-state index in [1.165, 1.54) is 0 Å². The van der Waals surface area contributed by atoms with E-state index in [1.54, 1.807) is 11.9 Å². The van der Waals surface area contributed by atoms with Crippen molar-refractivity contribution in [2.75, 3.05) is 25.2 Å². The smallest absolute Gasteiger partial charge is 0.264 e. The van der Waals surface area contributed by atoms with Gasteiger partial charge in [0.05, 0.1) is 11.4 Å². The zero-order chi connectivity index (χ0) is 13.1. The molecule has 5 heteroatoms. The molecule has 0 N–H and O–H groups in total. The molecule has 5 nitrogen and oxygen atoms in total. The van der Waals surface area contributed by atoms with E-state index in [2.05, 4.69) is 5.16 Å². The van der Waals surface area contributed by atoms with Gasteiger partial charge >= 0.3 is 0 Å². The van der Waals surface area contributed by atoms with Crippen LogP contribution in [0.15, 0.2) is 23.4 Å². The lowest BCUT2D eigenvalue weighted by Gasteiger charge is -2.26. The number of oxime groups is 1. The number of rotatable bonds is 3. The third-order valence-corrected chi connectivity index (χ3v) is 2.79. The normalized spacial score (nSPS) is 15.2. The summed E-state index contributed by atoms with van der Waals surface area (Å²) in [7, 11) is 1.74. The first kappa shape index (κ1) is 12.4. The minimum absolute atomic E-state index is 0.0564. The van der Waals surface area contributed by atoms with E-state index in [1.807, 2.05) is 32.0 Å². The summed E-state index contributed by atoms with van der Waals surface area (Å²) in [6, 6.07) is 5.63. The fourth-order valence-electron chi connectivity index (χ4n) is 1.71. The van der Waals surface area contributed by atoms with Crippen molar-refractivity contribution in [1.29, 1.82) is 0 Å². The highest BCUT2D eigenvalue weighted by Gasteiger charge is 2.22. The van der Waals surface area contributed by atoms with Gasteiger partial charge in [0.1, 0.15) is 12.4 Å². The van der Waals surface area contributed by atoms with E-state index in [9.17, 15) is 4.79 Å². The molecule has 1 aliphatic heterocycles. The predicted molar refractivity (Wildman–Crippen MR) is 69.2 cm³/mol. The Balaban J connectivity index is 2.34. The van der Waals surface area contributed by atoms with Crippen LogP contribution < -0.4 is 9.64 Å². The number of likely N-dealkylation sites (N-methyl/N-ethyl adjacent to an activating group) is 1. The number of anilines is 1. The third kappa shape index (κ3) is 2.30. The number of benzene rings is 1. The molecule has 96 valence electrons. The van der Waals surface area contributed by atoms with Crippen LogP contribution in [0.25, 0.3) is 0 Å². The van der Waals surface area contributed by atoms with Crippen molar-refractivity contribution in [3.63, 3.8) is 0 Å². The summed E-state index contributed by atoms with van der Waals surface area (Å²) in [5.41, 5.74) is 2.44. The molecule has 0 unspecified atom stereocenters. The van der Waals surface area contributed by atoms with Gasteiger partial charge < -0.3 is 14.5 Å². The molecule has 0 saturated carbocycles. The average Bonchev–Trinajstić information content (AvgIpc) is 2.40. The number of hydrogen-bond acceptors (Lipinski definition) is 4. The Bertz CT molecular complexity index is 497. The molecule has 0 spiro atoms. The molecule has 0 atom stereocenters. The number of fused-ring (bicyclic) bond motifs is 1. The molecular formula is C13H16N2O3. The van der Waals surface area contributed by atoms with Gasteiger partial charge in [-0.2, -0.15) is 0 Å². The number of nitrogens with zero attached hydrogens (tertiary/aromatic N) is 2. The molecule has 0 aromatic heterocycles. The lowest BCUT2D eigenvalue weighted by atomic mass is 10.1. The van der Waals surface area contributed by atoms with Crippen LogP contribution in [0.1, 0.15) is 19.4 Å². The first-order valence-electron chi connectivity index (χ1n) is 5.83. The van der Waals surface area contributed by atoms with Crippen LogP contribution in [0.3, 0.4) is 0 Å². The predicted octanol–water partition coefficient (Wildman–Crippen LogP) is 1.80. The summed E-state index contributed by atoms with van der Waals surface area (Å²) >= 11 is 0. The van der Waals surface area contributed by atoms with E-state index in [-0.39, 0.29) is 12.5 Å². The van der Waals surface area contributed by atoms with E-state index in [4.69, 9.17) is 9.57 Å². The van der Waals surface area contributed by atoms with Gasteiger partial charge in [-0.1, -0.05) is 5.16 Å². The minimum Gasteiger partial charge on any atom is -0.482 e. The van der Waals surface area contributed by atoms with Crippen LogP contribution in [-0.2, 0) is 9.63 Å². The maximum absolute atomic E-state index is 11.6. The first-order valence-corrected chi connectivity index (χ1v) is 5.83. The highest BCUT2D eigenvalue weighted by Crippen LogP contribution is 2.32. The Kier molecular flexibility index (Phi) is 3.50. The zero-order valence-electron chi connectivity index (χ0n) is 10.8. The summed E-state index contributed by atoms with van der Waals surface area (Å²) < 4.78 is 5.36. The van der Waals surface area contributed by atoms with E-state index in [0.29, 0.717) is 12.4 Å². The van der Waals surface area contributed by atoms with Gasteiger partial charge in [-0.05, 0) is 32.0 Å². The molecule has 18 heavy (non-hydrogen) atoms. The number of carbonyl (C=O) groups is 1. The van der Waals surface area contributed by atoms with Crippen LogP contribution in [0.4, 0.5) is 5.69 Å². The van der Waals surface area contributed by atoms with Gasteiger partial charge in [0.2, 0.25) is 0 Å². The summed E-state index contributed by atoms with van der Waals surface area (Å²) in [5, 5.41) is 3.98. The maximum Gasteiger partial charge on any atom is 0.264 e. The Morgan fingerprint density at radius 3 is 3.06 bits per heavy atom. The fraction of sp³-hybridized carbons (Fsp3) is 0.385. The highest BCUT2D eigenvalue weighted by molar-refractivity contribution is 6.02. The standard InChI is InChI=1S/C13H16N2O3/c1-4-18-14-9(2)10-5-6-12-11(7-10)15(3)13(16)8-17-12/h5-7H,4,8H2,1-3H3/b14-9+. The van der Waals surface area contributed by atoms with Crippen LogP contribution >= 0.6 is 0 Å². The number of hydrogen-bond donors (Lipinski definition) is 0. The van der Waals surface area contributed by atoms with Crippen LogP contribution in [0.2, 0.25) is 0 Å². The Labute approximate surface area is 106 Å². The largest absolute Gasteiger partial charge is 0.482 e. The quantitative estimate of drug-likeness (QED) is 0.605. The van der Waals surface area contributed by atoms with Gasteiger partial charge in [0.15, 0.2) is 6.61 Å². The van der Waals surface area contributed by atoms with Crippen molar-refractivity contribution in [2.45, 2.75) is 13.8 Å². The summed E-state index contributed by atoms with van der Waals surface area (Å²) in [4.78, 5) is 18.2. The number of ether oxygens (including phenoxy) is 1. The van der Waals surface area contributed by atoms with Crippen molar-refractivity contribution in [3.05, 3.63) is 23.8 Å². The summed E-state index contributed by atoms with van der Waals surface area (Å²) in [6.45, 7) is 4.37. The van der Waals surface area contributed by atoms with Gasteiger partial charge in [-0.15, -0.1) is 0 Å². The lowest BCUT2D eigenvalue weighted by Crippen LogP contribution is -2.35. The van der Waals surface area contributed by atoms with Crippen LogP contribution in [0.5, 0.6) is 5.75 Å². The van der Waals surface area contributed by atoms with Crippen molar-refractivity contribution in [3.8, 4) is 5.75 Å². The van der Waals surface area contributed by atoms with E-state index in [0.717, 1.165) is 17.0 Å². The number of carbonyl (C=O) groups excluding carboxylic acids is 1. The first-order chi connectivity index (χ1) is 8.63. The van der Waals surface area contributed by atoms with Gasteiger partial charge in [-0.25, -0.2) is 0 Å². The summed E-state index contributed by atoms with van der Waals surface area (Å²) in [5.74, 6) is 0.657. The molecule has 1 aliphatic rings. The molecule has 1 amide bonds. The molecule has 1 heterocycles. The lowest BCUT2D eigenvalue weighted by molar-refractivity contribution is -0.120. The minimum atomic E-state index is -0.0564. The Hall–Kier alpha value is -2.04. The van der Waals surface area contributed by atoms with Crippen molar-refractivity contribution < 1.29 is 14.4 Å². The van der Waals surface area contributed by atoms with E-state index < -0.39 is 0 Å². The van der Waals surface area contributed by atoms with Gasteiger partial charge in [0, 0.05) is 12.6 Å². The molecule has 0 bridgehead atoms. The van der Waals surface area contributed by atoms with Crippen LogP contribution in [0, 0.1) is 0 Å². The molecule has 0 aliphatic carbocycles. The molecule has 0 radical (unpaired) electrons. The Morgan fingerprint density at radius 1 is 1.56 bits per heavy atom. The third-order valence-electron chi connectivity index (χ3n) is 2.79. The zero-order valence-corrected chi connectivity index (χ0v) is 10.8. The molecule has 0 fully saturated rings. The highest BCUT2D eigenvalue weighted by atomic mass is 16.6. The molecular weight excluding hydrogens is 232 g/mol. The second-order valence-corrected chi connectivity index (χ2v) is 4.02. The molecule has 1 aromatic rings. The molecule has 2 rings (SSSR count). The molecule has 1 aromatic carbocycles. The summed E-state index contributed by atoms with van der Waals surface area (Å²) in [6.07, 6.45) is 0. The maximum atomic E-state index is 11.6. The monoisotopic (exact) mass is 248 g/mol. The number of amides is 1. The topological polar surface area (TPSA) is 51.1 Å². The second-order valence-electron chi connectivity index (χ2n) is 4.02. The average molecular weight is 248 g/mol. The van der Waals surface area contributed by atoms with Crippen molar-refractivity contribution in [1.82, 2.24) is 0 Å². The fourth-order valence-corrected chi connectivity index (χ4v) is 1.71. The van der Waals surface area contributed by atoms with Crippen molar-refractivity contribution >= 4 is 17.3 Å². The van der Waals surface area contributed by atoms with Crippen molar-refractivity contribution in [2.24, 2.45) is 5.16 Å². The van der Waals surface area contributed by atoms with E-state index >= 15 is 0 Å². The van der Waals surface area contributed by atoms with Crippen LogP contribution in [-0.4, -0.2) is 31.9 Å². The molecule has 0 saturated heterocycles. The second kappa shape index (κ2) is 5.08. The van der Waals surface area contributed by atoms with Gasteiger partial charge in [-0.3, -0.25) is 4.79 Å². The van der Waals surface area contributed by atoms with Gasteiger partial charge in [0.25, 0.3) is 5.91 Å².